The Labute approximate surface area is 159 Å². The lowest BCUT2D eigenvalue weighted by Crippen LogP contribution is -2.40. The van der Waals surface area contributed by atoms with Gasteiger partial charge in [0.15, 0.2) is 5.72 Å². The van der Waals surface area contributed by atoms with Gasteiger partial charge >= 0.3 is 0 Å². The normalized spacial score (nSPS) is 25.0. The van der Waals surface area contributed by atoms with Crippen molar-refractivity contribution in [2.75, 3.05) is 13.6 Å². The van der Waals surface area contributed by atoms with E-state index < -0.39 is 15.7 Å². The number of nitrogens with zero attached hydrogens (tertiary/aromatic N) is 1. The molecule has 0 radical (unpaired) electrons. The number of likely N-dealkylation sites (tertiary alicyclic amines) is 1. The van der Waals surface area contributed by atoms with Gasteiger partial charge in [-0.2, -0.15) is 0 Å². The topological polar surface area (TPSA) is 86.7 Å². The maximum absolute atomic E-state index is 12.8. The minimum Gasteiger partial charge on any atom is -0.367 e. The molecule has 2 fully saturated rings. The molecule has 1 atom stereocenters. The number of sulfonamides is 1. The summed E-state index contributed by atoms with van der Waals surface area (Å²) in [4.78, 5) is 13.0. The van der Waals surface area contributed by atoms with Crippen molar-refractivity contribution in [3.05, 3.63) is 28.8 Å². The summed E-state index contributed by atoms with van der Waals surface area (Å²) in [6.07, 6.45) is 5.98. The molecule has 1 saturated heterocycles. The fourth-order valence-electron chi connectivity index (χ4n) is 3.82. The van der Waals surface area contributed by atoms with E-state index in [1.807, 2.05) is 0 Å². The van der Waals surface area contributed by atoms with Crippen molar-refractivity contribution < 1.29 is 18.3 Å². The number of hydrogen-bond donors (Lipinski definition) is 2. The Hall–Kier alpha value is -1.15. The minimum atomic E-state index is -3.80. The van der Waals surface area contributed by atoms with Gasteiger partial charge < -0.3 is 10.0 Å². The molecule has 3 rings (SSSR count). The fraction of sp³-hybridized carbons (Fsp3) is 0.611. The second-order valence-corrected chi connectivity index (χ2v) is 9.41. The fourth-order valence-corrected chi connectivity index (χ4v) is 5.46. The van der Waals surface area contributed by atoms with E-state index in [2.05, 4.69) is 4.72 Å². The molecule has 6 nitrogen and oxygen atoms in total. The lowest BCUT2D eigenvalue weighted by molar-refractivity contribution is -0.142. The predicted molar refractivity (Wildman–Crippen MR) is 99.1 cm³/mol. The van der Waals surface area contributed by atoms with Gasteiger partial charge in [0.2, 0.25) is 15.9 Å². The molecule has 0 bridgehead atoms. The summed E-state index contributed by atoms with van der Waals surface area (Å²) < 4.78 is 28.2. The third-order valence-electron chi connectivity index (χ3n) is 5.59. The third kappa shape index (κ3) is 3.76. The largest absolute Gasteiger partial charge is 0.367 e. The summed E-state index contributed by atoms with van der Waals surface area (Å²) in [7, 11) is -2.28. The van der Waals surface area contributed by atoms with Crippen molar-refractivity contribution in [3.8, 4) is 0 Å². The SMILES string of the molecule is CN1C(=O)CCC1(O)c1ccc(Cl)c(S(=O)(=O)NCC2CCCCC2)c1. The molecule has 1 saturated carbocycles. The van der Waals surface area contributed by atoms with Crippen LogP contribution in [0.5, 0.6) is 0 Å². The van der Waals surface area contributed by atoms with Crippen molar-refractivity contribution in [1.29, 1.82) is 0 Å². The highest BCUT2D eigenvalue weighted by molar-refractivity contribution is 7.89. The molecule has 1 amide bonds. The van der Waals surface area contributed by atoms with Crippen LogP contribution in [-0.4, -0.2) is 37.9 Å². The molecular weight excluding hydrogens is 376 g/mol. The number of benzene rings is 1. The highest BCUT2D eigenvalue weighted by atomic mass is 35.5. The molecule has 0 aromatic heterocycles. The highest BCUT2D eigenvalue weighted by Gasteiger charge is 2.43. The van der Waals surface area contributed by atoms with E-state index in [0.29, 0.717) is 18.0 Å². The van der Waals surface area contributed by atoms with Gasteiger partial charge in [-0.25, -0.2) is 13.1 Å². The van der Waals surface area contributed by atoms with Gasteiger partial charge in [-0.05, 0) is 30.9 Å². The van der Waals surface area contributed by atoms with Gasteiger partial charge in [-0.1, -0.05) is 36.9 Å². The zero-order valence-corrected chi connectivity index (χ0v) is 16.4. The Morgan fingerprint density at radius 1 is 1.31 bits per heavy atom. The molecule has 1 aromatic rings. The van der Waals surface area contributed by atoms with Crippen molar-refractivity contribution in [2.24, 2.45) is 5.92 Å². The van der Waals surface area contributed by atoms with Gasteiger partial charge in [-0.3, -0.25) is 4.79 Å². The highest BCUT2D eigenvalue weighted by Crippen LogP contribution is 2.38. The Kier molecular flexibility index (Phi) is 5.63. The van der Waals surface area contributed by atoms with Gasteiger partial charge in [-0.15, -0.1) is 0 Å². The molecule has 8 heteroatoms. The lowest BCUT2D eigenvalue weighted by atomic mass is 9.90. The molecule has 2 aliphatic rings. The van der Waals surface area contributed by atoms with Gasteiger partial charge in [0.25, 0.3) is 0 Å². The van der Waals surface area contributed by atoms with Crippen LogP contribution in [0.2, 0.25) is 5.02 Å². The number of hydrogen-bond acceptors (Lipinski definition) is 4. The van der Waals surface area contributed by atoms with Crippen molar-refractivity contribution in [2.45, 2.75) is 55.6 Å². The number of aliphatic hydroxyl groups is 1. The molecule has 26 heavy (non-hydrogen) atoms. The van der Waals surface area contributed by atoms with Crippen LogP contribution in [0.15, 0.2) is 23.1 Å². The maximum atomic E-state index is 12.8. The van der Waals surface area contributed by atoms with Crippen LogP contribution in [0.25, 0.3) is 0 Å². The molecule has 1 unspecified atom stereocenters. The number of carbonyl (C=O) groups is 1. The number of rotatable bonds is 5. The summed E-state index contributed by atoms with van der Waals surface area (Å²) in [6, 6.07) is 4.40. The van der Waals surface area contributed by atoms with Gasteiger partial charge in [0.05, 0.1) is 5.02 Å². The van der Waals surface area contributed by atoms with E-state index in [-0.39, 0.29) is 28.7 Å². The molecule has 1 aliphatic heterocycles. The van der Waals surface area contributed by atoms with Crippen molar-refractivity contribution in [3.63, 3.8) is 0 Å². The monoisotopic (exact) mass is 400 g/mol. The maximum Gasteiger partial charge on any atom is 0.242 e. The zero-order chi connectivity index (χ0) is 18.9. The minimum absolute atomic E-state index is 0.0614. The van der Waals surface area contributed by atoms with E-state index in [9.17, 15) is 18.3 Å². The summed E-state index contributed by atoms with van der Waals surface area (Å²) >= 11 is 6.14. The van der Waals surface area contributed by atoms with Crippen LogP contribution in [0.1, 0.15) is 50.5 Å². The first-order valence-electron chi connectivity index (χ1n) is 9.03. The summed E-state index contributed by atoms with van der Waals surface area (Å²) in [6.45, 7) is 0.394. The van der Waals surface area contributed by atoms with Gasteiger partial charge in [0.1, 0.15) is 4.90 Å². The van der Waals surface area contributed by atoms with Crippen LogP contribution in [0.3, 0.4) is 0 Å². The first-order valence-corrected chi connectivity index (χ1v) is 10.9. The van der Waals surface area contributed by atoms with E-state index >= 15 is 0 Å². The predicted octanol–water partition coefficient (Wildman–Crippen LogP) is 2.60. The van der Waals surface area contributed by atoms with Crippen molar-refractivity contribution in [1.82, 2.24) is 9.62 Å². The summed E-state index contributed by atoms with van der Waals surface area (Å²) in [5.74, 6) is 0.172. The average molecular weight is 401 g/mol. The van der Waals surface area contributed by atoms with Crippen LogP contribution >= 0.6 is 11.6 Å². The molecule has 2 N–H and O–H groups in total. The Balaban J connectivity index is 1.84. The van der Waals surface area contributed by atoms with E-state index in [1.165, 1.54) is 30.5 Å². The smallest absolute Gasteiger partial charge is 0.242 e. The molecule has 144 valence electrons. The van der Waals surface area contributed by atoms with Gasteiger partial charge in [0, 0.05) is 32.0 Å². The summed E-state index contributed by atoms with van der Waals surface area (Å²) in [5, 5.41) is 11.0. The zero-order valence-electron chi connectivity index (χ0n) is 14.9. The van der Waals surface area contributed by atoms with Crippen LogP contribution < -0.4 is 4.72 Å². The van der Waals surface area contributed by atoms with E-state index in [0.717, 1.165) is 25.7 Å². The van der Waals surface area contributed by atoms with E-state index in [1.54, 1.807) is 6.07 Å². The first kappa shape index (κ1) is 19.6. The first-order chi connectivity index (χ1) is 12.2. The molecule has 1 aromatic carbocycles. The van der Waals surface area contributed by atoms with Crippen molar-refractivity contribution >= 4 is 27.5 Å². The Morgan fingerprint density at radius 3 is 2.62 bits per heavy atom. The van der Waals surface area contributed by atoms with Crippen LogP contribution in [0, 0.1) is 5.92 Å². The Bertz CT molecular complexity index is 792. The van der Waals surface area contributed by atoms with Crippen LogP contribution in [0.4, 0.5) is 0 Å². The Morgan fingerprint density at radius 2 is 2.00 bits per heavy atom. The second kappa shape index (κ2) is 7.46. The van der Waals surface area contributed by atoms with E-state index in [4.69, 9.17) is 11.6 Å². The molecule has 0 spiro atoms. The molecular formula is C18H25ClN2O4S. The molecule has 1 heterocycles. The second-order valence-electron chi connectivity index (χ2n) is 7.27. The number of halogens is 1. The number of amides is 1. The molecule has 1 aliphatic carbocycles. The number of carbonyl (C=O) groups excluding carboxylic acids is 1. The third-order valence-corrected chi connectivity index (χ3v) is 7.49. The number of nitrogens with one attached hydrogen (secondary N) is 1. The standard InChI is InChI=1S/C18H25ClN2O4S/c1-21-17(22)9-10-18(21,23)14-7-8-15(19)16(11-14)26(24,25)20-12-13-5-3-2-4-6-13/h7-8,11,13,20,23H,2-6,9-10,12H2,1H3. The quantitative estimate of drug-likeness (QED) is 0.795. The lowest BCUT2D eigenvalue weighted by Gasteiger charge is -2.31. The summed E-state index contributed by atoms with van der Waals surface area (Å²) in [5.41, 5.74) is -1.15. The average Bonchev–Trinajstić information content (AvgIpc) is 2.90. The van der Waals surface area contributed by atoms with Crippen LogP contribution in [-0.2, 0) is 20.5 Å².